The lowest BCUT2D eigenvalue weighted by Crippen LogP contribution is -2.59. The first-order valence-electron chi connectivity index (χ1n) is 13.4. The minimum Gasteiger partial charge on any atom is -0.465 e. The highest BCUT2D eigenvalue weighted by Gasteiger charge is 2.78. The number of carbonyl (C=O) groups excluding carboxylic acids is 4. The number of esters is 1. The molecule has 198 valence electrons. The van der Waals surface area contributed by atoms with Crippen LogP contribution in [0.15, 0.2) is 18.2 Å². The Labute approximate surface area is 215 Å². The van der Waals surface area contributed by atoms with Gasteiger partial charge in [0.05, 0.1) is 17.8 Å². The van der Waals surface area contributed by atoms with Crippen molar-refractivity contribution in [1.29, 1.82) is 0 Å². The van der Waals surface area contributed by atoms with Gasteiger partial charge in [-0.1, -0.05) is 12.1 Å². The maximum atomic E-state index is 13.1. The molecule has 1 saturated carbocycles. The number of carbonyl (C=O) groups is 4. The fourth-order valence-corrected chi connectivity index (χ4v) is 7.37. The molecule has 1 unspecified atom stereocenters. The van der Waals surface area contributed by atoms with Crippen LogP contribution in [0.2, 0.25) is 0 Å². The first-order valence-corrected chi connectivity index (χ1v) is 13.4. The summed E-state index contributed by atoms with van der Waals surface area (Å²) >= 11 is 0. The molecule has 5 fully saturated rings. The molecule has 0 radical (unpaired) electrons. The topological polar surface area (TPSA) is 126 Å². The van der Waals surface area contributed by atoms with Crippen LogP contribution in [0, 0.1) is 5.41 Å². The smallest absolute Gasteiger partial charge is 0.315 e. The molecule has 1 atom stereocenters. The molecule has 2 bridgehead atoms. The largest absolute Gasteiger partial charge is 0.465 e. The van der Waals surface area contributed by atoms with E-state index in [9.17, 15) is 19.2 Å². The fourth-order valence-electron chi connectivity index (χ4n) is 7.37. The first-order chi connectivity index (χ1) is 17.8. The van der Waals surface area contributed by atoms with Crippen molar-refractivity contribution in [2.45, 2.75) is 75.8 Å². The average Bonchev–Trinajstić information content (AvgIpc) is 3.42. The van der Waals surface area contributed by atoms with E-state index in [4.69, 9.17) is 9.47 Å². The Balaban J connectivity index is 1.13. The van der Waals surface area contributed by atoms with Gasteiger partial charge in [0.15, 0.2) is 0 Å². The van der Waals surface area contributed by atoms with Gasteiger partial charge in [-0.2, -0.15) is 0 Å². The van der Waals surface area contributed by atoms with Crippen molar-refractivity contribution in [3.8, 4) is 0 Å². The Morgan fingerprint density at radius 2 is 2.00 bits per heavy atom. The van der Waals surface area contributed by atoms with Crippen LogP contribution in [0.3, 0.4) is 0 Å². The number of hydrogen-bond donors (Lipinski definition) is 3. The van der Waals surface area contributed by atoms with Gasteiger partial charge in [-0.25, -0.2) is 0 Å². The van der Waals surface area contributed by atoms with Crippen LogP contribution < -0.4 is 16.0 Å². The molecule has 10 nitrogen and oxygen atoms in total. The van der Waals surface area contributed by atoms with Crippen LogP contribution in [0.25, 0.3) is 0 Å². The van der Waals surface area contributed by atoms with Gasteiger partial charge in [0, 0.05) is 31.6 Å². The standard InChI is InChI=1S/C27H34N4O6/c1-2-36-24(35)26-14-25(15-26,37-27(26)8-10-28-11-9-27)16-29-12-17-4-3-5-18-19(17)13-31(23(18)34)20-6-7-21(32)30-22(20)33/h3-5,20,28-29H,2,6-16H2,1H3,(H,30,32,33). The number of piperidine rings is 2. The molecular weight excluding hydrogens is 476 g/mol. The van der Waals surface area contributed by atoms with Crippen LogP contribution in [0.4, 0.5) is 0 Å². The Morgan fingerprint density at radius 3 is 2.73 bits per heavy atom. The van der Waals surface area contributed by atoms with Crippen LogP contribution >= 0.6 is 0 Å². The molecule has 5 aliphatic heterocycles. The third-order valence-electron chi connectivity index (χ3n) is 9.05. The summed E-state index contributed by atoms with van der Waals surface area (Å²) in [6, 6.07) is 5.03. The van der Waals surface area contributed by atoms with Gasteiger partial charge < -0.3 is 25.0 Å². The molecule has 1 spiro atoms. The summed E-state index contributed by atoms with van der Waals surface area (Å²) in [6.45, 7) is 5.38. The normalized spacial score (nSPS) is 31.8. The lowest BCUT2D eigenvalue weighted by molar-refractivity contribution is -0.166. The summed E-state index contributed by atoms with van der Waals surface area (Å²) in [5.41, 5.74) is 1.11. The van der Waals surface area contributed by atoms with E-state index in [0.717, 1.165) is 37.1 Å². The minimum absolute atomic E-state index is 0.127. The van der Waals surface area contributed by atoms with Crippen molar-refractivity contribution in [2.75, 3.05) is 26.2 Å². The van der Waals surface area contributed by atoms with Crippen molar-refractivity contribution in [3.63, 3.8) is 0 Å². The number of nitrogens with zero attached hydrogens (tertiary/aromatic N) is 1. The van der Waals surface area contributed by atoms with Crippen molar-refractivity contribution >= 4 is 23.7 Å². The third kappa shape index (κ3) is 3.72. The van der Waals surface area contributed by atoms with E-state index in [1.807, 2.05) is 19.1 Å². The first kappa shape index (κ1) is 24.5. The van der Waals surface area contributed by atoms with Gasteiger partial charge in [-0.3, -0.25) is 24.5 Å². The molecule has 7 rings (SSSR count). The van der Waals surface area contributed by atoms with Gasteiger partial charge in [-0.05, 0) is 69.3 Å². The van der Waals surface area contributed by atoms with Crippen molar-refractivity contribution in [3.05, 3.63) is 34.9 Å². The van der Waals surface area contributed by atoms with Crippen LogP contribution in [-0.2, 0) is 36.9 Å². The molecule has 37 heavy (non-hydrogen) atoms. The van der Waals surface area contributed by atoms with E-state index in [1.54, 1.807) is 11.0 Å². The predicted octanol–water partition coefficient (Wildman–Crippen LogP) is 0.772. The molecule has 1 aromatic rings. The summed E-state index contributed by atoms with van der Waals surface area (Å²) in [7, 11) is 0. The Morgan fingerprint density at radius 1 is 1.22 bits per heavy atom. The number of ether oxygens (including phenoxy) is 2. The predicted molar refractivity (Wildman–Crippen MR) is 131 cm³/mol. The number of amides is 3. The second-order valence-electron chi connectivity index (χ2n) is 11.1. The molecule has 3 amide bonds. The van der Waals surface area contributed by atoms with Crippen molar-refractivity contribution in [1.82, 2.24) is 20.9 Å². The van der Waals surface area contributed by atoms with Crippen LogP contribution in [0.1, 0.15) is 66.9 Å². The monoisotopic (exact) mass is 510 g/mol. The molecule has 4 saturated heterocycles. The Bertz CT molecular complexity index is 1150. The molecule has 5 heterocycles. The van der Waals surface area contributed by atoms with E-state index < -0.39 is 28.6 Å². The van der Waals surface area contributed by atoms with Crippen LogP contribution in [-0.4, -0.2) is 72.1 Å². The molecule has 10 heteroatoms. The van der Waals surface area contributed by atoms with Gasteiger partial charge in [0.2, 0.25) is 11.8 Å². The number of nitrogens with one attached hydrogen (secondary N) is 3. The van der Waals surface area contributed by atoms with Crippen molar-refractivity contribution in [2.24, 2.45) is 5.41 Å². The number of imide groups is 1. The summed E-state index contributed by atoms with van der Waals surface area (Å²) in [5.74, 6) is -0.998. The second kappa shape index (κ2) is 8.89. The Hall–Kier alpha value is -2.82. The average molecular weight is 511 g/mol. The van der Waals surface area contributed by atoms with E-state index in [-0.39, 0.29) is 24.2 Å². The molecule has 1 aliphatic carbocycles. The Kier molecular flexibility index (Phi) is 5.89. The zero-order valence-electron chi connectivity index (χ0n) is 21.2. The number of hydrogen-bond acceptors (Lipinski definition) is 8. The van der Waals surface area contributed by atoms with E-state index in [2.05, 4.69) is 16.0 Å². The highest BCUT2D eigenvalue weighted by Crippen LogP contribution is 2.69. The van der Waals surface area contributed by atoms with Gasteiger partial charge in [-0.15, -0.1) is 0 Å². The number of fused-ring (bicyclic) bond motifs is 1. The lowest BCUT2D eigenvalue weighted by Gasteiger charge is -2.47. The molecule has 0 aromatic heterocycles. The summed E-state index contributed by atoms with van der Waals surface area (Å²) in [6.07, 6.45) is 3.52. The molecular formula is C27H34N4O6. The maximum Gasteiger partial charge on any atom is 0.315 e. The second-order valence-corrected chi connectivity index (χ2v) is 11.1. The minimum atomic E-state index is -0.628. The third-order valence-corrected chi connectivity index (χ3v) is 9.05. The fraction of sp³-hybridized carbons (Fsp3) is 0.630. The SMILES string of the molecule is CCOC(=O)C12CC(CNCc3cccc4c3CN(C3CCC(=O)NC3=O)C4=O)(C1)OC21CCNCC1. The lowest BCUT2D eigenvalue weighted by atomic mass is 9.54. The van der Waals surface area contributed by atoms with Gasteiger partial charge in [0.25, 0.3) is 5.91 Å². The zero-order valence-corrected chi connectivity index (χ0v) is 21.2. The van der Waals surface area contributed by atoms with Gasteiger partial charge in [0.1, 0.15) is 11.5 Å². The van der Waals surface area contributed by atoms with Crippen LogP contribution in [0.5, 0.6) is 0 Å². The van der Waals surface area contributed by atoms with Gasteiger partial charge >= 0.3 is 5.97 Å². The highest BCUT2D eigenvalue weighted by atomic mass is 16.6. The molecule has 1 aromatic carbocycles. The number of benzene rings is 1. The molecule has 6 aliphatic rings. The van der Waals surface area contributed by atoms with E-state index >= 15 is 0 Å². The molecule has 3 N–H and O–H groups in total. The maximum absolute atomic E-state index is 13.1. The summed E-state index contributed by atoms with van der Waals surface area (Å²) in [4.78, 5) is 51.7. The highest BCUT2D eigenvalue weighted by molar-refractivity contribution is 6.05. The summed E-state index contributed by atoms with van der Waals surface area (Å²) in [5, 5.41) is 9.27. The zero-order chi connectivity index (χ0) is 25.8. The van der Waals surface area contributed by atoms with E-state index in [0.29, 0.717) is 51.1 Å². The quantitative estimate of drug-likeness (QED) is 0.363. The summed E-state index contributed by atoms with van der Waals surface area (Å²) < 4.78 is 12.3. The number of rotatable bonds is 7. The van der Waals surface area contributed by atoms with E-state index in [1.165, 1.54) is 0 Å². The van der Waals surface area contributed by atoms with Crippen molar-refractivity contribution < 1.29 is 28.7 Å².